The van der Waals surface area contributed by atoms with Gasteiger partial charge < -0.3 is 5.73 Å². The van der Waals surface area contributed by atoms with E-state index in [4.69, 9.17) is 5.73 Å². The van der Waals surface area contributed by atoms with Crippen molar-refractivity contribution < 1.29 is 0 Å². The second-order valence-corrected chi connectivity index (χ2v) is 6.23. The molecule has 2 unspecified atom stereocenters. The van der Waals surface area contributed by atoms with Gasteiger partial charge in [0.05, 0.1) is 0 Å². The highest BCUT2D eigenvalue weighted by Crippen LogP contribution is 2.32. The zero-order chi connectivity index (χ0) is 14.7. The molecule has 1 heterocycles. The van der Waals surface area contributed by atoms with Crippen molar-refractivity contribution in [2.45, 2.75) is 51.0 Å². The molecular formula is C19H24N2. The number of rotatable bonds is 4. The van der Waals surface area contributed by atoms with Crippen molar-refractivity contribution in [3.63, 3.8) is 0 Å². The van der Waals surface area contributed by atoms with Gasteiger partial charge in [-0.25, -0.2) is 0 Å². The van der Waals surface area contributed by atoms with Gasteiger partial charge in [-0.2, -0.15) is 0 Å². The van der Waals surface area contributed by atoms with Crippen LogP contribution in [0.15, 0.2) is 42.6 Å². The van der Waals surface area contributed by atoms with Crippen molar-refractivity contribution >= 4 is 0 Å². The van der Waals surface area contributed by atoms with Crippen LogP contribution in [0.4, 0.5) is 0 Å². The molecule has 0 bridgehead atoms. The van der Waals surface area contributed by atoms with E-state index >= 15 is 0 Å². The zero-order valence-corrected chi connectivity index (χ0v) is 12.8. The van der Waals surface area contributed by atoms with Crippen molar-refractivity contribution in [1.29, 1.82) is 0 Å². The van der Waals surface area contributed by atoms with Crippen LogP contribution in [0.5, 0.6) is 0 Å². The Balaban J connectivity index is 1.66. The summed E-state index contributed by atoms with van der Waals surface area (Å²) in [5, 5.41) is 0. The molecule has 0 saturated heterocycles. The Morgan fingerprint density at radius 2 is 2.05 bits per heavy atom. The predicted molar refractivity (Wildman–Crippen MR) is 87.4 cm³/mol. The maximum absolute atomic E-state index is 6.50. The number of nitrogens with zero attached hydrogens (tertiary/aromatic N) is 1. The lowest BCUT2D eigenvalue weighted by molar-refractivity contribution is 0.432. The first kappa shape index (κ1) is 14.3. The second kappa shape index (κ2) is 6.40. The molecule has 0 radical (unpaired) electrons. The summed E-state index contributed by atoms with van der Waals surface area (Å²) < 4.78 is 0. The molecule has 1 aromatic carbocycles. The first-order chi connectivity index (χ1) is 10.2. The number of nitrogens with two attached hydrogens (primary N) is 1. The molecule has 1 aliphatic rings. The molecule has 1 aliphatic carbocycles. The van der Waals surface area contributed by atoms with Gasteiger partial charge in [0.2, 0.25) is 0 Å². The van der Waals surface area contributed by atoms with Gasteiger partial charge in [-0.1, -0.05) is 35.9 Å². The number of fused-ring (bicyclic) bond motifs is 1. The fourth-order valence-corrected chi connectivity index (χ4v) is 3.35. The number of aryl methyl sites for hydroxylation is 3. The fraction of sp³-hybridized carbons (Fsp3) is 0.421. The smallest absolute Gasteiger partial charge is 0.0481 e. The van der Waals surface area contributed by atoms with Crippen molar-refractivity contribution in [2.24, 2.45) is 5.73 Å². The molecule has 2 nitrogen and oxygen atoms in total. The standard InChI is InChI=1S/C19H24N2/c1-14-7-9-15(10-8-14)11-12-18(20)17-6-2-4-16-5-3-13-21-19(16)17/h3,5,7-10,13,17-18H,2,4,6,11-12,20H2,1H3. The molecule has 2 N–H and O–H groups in total. The Labute approximate surface area is 127 Å². The average molecular weight is 280 g/mol. The number of hydrogen-bond acceptors (Lipinski definition) is 2. The number of aromatic nitrogens is 1. The Morgan fingerprint density at radius 3 is 2.86 bits per heavy atom. The van der Waals surface area contributed by atoms with E-state index < -0.39 is 0 Å². The highest BCUT2D eigenvalue weighted by Gasteiger charge is 2.26. The summed E-state index contributed by atoms with van der Waals surface area (Å²) >= 11 is 0. The molecule has 2 atom stereocenters. The molecule has 0 fully saturated rings. The van der Waals surface area contributed by atoms with Gasteiger partial charge >= 0.3 is 0 Å². The fourth-order valence-electron chi connectivity index (χ4n) is 3.35. The van der Waals surface area contributed by atoms with Gasteiger partial charge in [-0.05, 0) is 56.2 Å². The first-order valence-corrected chi connectivity index (χ1v) is 7.99. The van der Waals surface area contributed by atoms with E-state index in [9.17, 15) is 0 Å². The van der Waals surface area contributed by atoms with Crippen LogP contribution < -0.4 is 5.73 Å². The lowest BCUT2D eigenvalue weighted by Gasteiger charge is -2.29. The van der Waals surface area contributed by atoms with Crippen LogP contribution in [0.3, 0.4) is 0 Å². The van der Waals surface area contributed by atoms with E-state index in [-0.39, 0.29) is 6.04 Å². The molecule has 0 amide bonds. The van der Waals surface area contributed by atoms with Crippen molar-refractivity contribution in [1.82, 2.24) is 4.98 Å². The van der Waals surface area contributed by atoms with Crippen LogP contribution in [0.2, 0.25) is 0 Å². The average Bonchev–Trinajstić information content (AvgIpc) is 2.53. The minimum absolute atomic E-state index is 0.209. The van der Waals surface area contributed by atoms with E-state index in [2.05, 4.69) is 42.2 Å². The van der Waals surface area contributed by atoms with Crippen molar-refractivity contribution in [2.75, 3.05) is 0 Å². The van der Waals surface area contributed by atoms with Gasteiger partial charge in [0.15, 0.2) is 0 Å². The van der Waals surface area contributed by atoms with Gasteiger partial charge in [-0.3, -0.25) is 4.98 Å². The minimum Gasteiger partial charge on any atom is -0.327 e. The van der Waals surface area contributed by atoms with Crippen LogP contribution in [-0.4, -0.2) is 11.0 Å². The Bertz CT molecular complexity index is 589. The third kappa shape index (κ3) is 3.33. The molecule has 0 saturated carbocycles. The third-order valence-corrected chi connectivity index (χ3v) is 4.64. The summed E-state index contributed by atoms with van der Waals surface area (Å²) in [6.45, 7) is 2.13. The summed E-state index contributed by atoms with van der Waals surface area (Å²) in [6.07, 6.45) is 7.57. The van der Waals surface area contributed by atoms with Crippen LogP contribution in [0.1, 0.15) is 47.6 Å². The Hall–Kier alpha value is -1.67. The normalized spacial score (nSPS) is 19.0. The maximum atomic E-state index is 6.50. The van der Waals surface area contributed by atoms with Gasteiger partial charge in [-0.15, -0.1) is 0 Å². The number of benzene rings is 1. The highest BCUT2D eigenvalue weighted by molar-refractivity contribution is 5.27. The summed E-state index contributed by atoms with van der Waals surface area (Å²) in [5.41, 5.74) is 11.8. The molecule has 21 heavy (non-hydrogen) atoms. The number of hydrogen-bond donors (Lipinski definition) is 1. The summed E-state index contributed by atoms with van der Waals surface area (Å²) in [7, 11) is 0. The first-order valence-electron chi connectivity index (χ1n) is 7.99. The van der Waals surface area contributed by atoms with Crippen LogP contribution in [-0.2, 0) is 12.8 Å². The van der Waals surface area contributed by atoms with Gasteiger partial charge in [0, 0.05) is 23.9 Å². The topological polar surface area (TPSA) is 38.9 Å². The molecular weight excluding hydrogens is 256 g/mol. The van der Waals surface area contributed by atoms with Crippen LogP contribution in [0, 0.1) is 6.92 Å². The predicted octanol–water partition coefficient (Wildman–Crippen LogP) is 3.77. The quantitative estimate of drug-likeness (QED) is 0.926. The van der Waals surface area contributed by atoms with Crippen LogP contribution in [0.25, 0.3) is 0 Å². The summed E-state index contributed by atoms with van der Waals surface area (Å²) in [6, 6.07) is 13.3. The lowest BCUT2D eigenvalue weighted by Crippen LogP contribution is -2.32. The lowest BCUT2D eigenvalue weighted by atomic mass is 9.80. The zero-order valence-electron chi connectivity index (χ0n) is 12.8. The molecule has 3 rings (SSSR count). The van der Waals surface area contributed by atoms with Crippen molar-refractivity contribution in [3.8, 4) is 0 Å². The summed E-state index contributed by atoms with van der Waals surface area (Å²) in [4.78, 5) is 4.61. The highest BCUT2D eigenvalue weighted by atomic mass is 14.7. The van der Waals surface area contributed by atoms with E-state index in [0.29, 0.717) is 5.92 Å². The largest absolute Gasteiger partial charge is 0.327 e. The molecule has 0 aliphatic heterocycles. The maximum Gasteiger partial charge on any atom is 0.0481 e. The Kier molecular flexibility index (Phi) is 4.35. The second-order valence-electron chi connectivity index (χ2n) is 6.23. The van der Waals surface area contributed by atoms with Crippen LogP contribution >= 0.6 is 0 Å². The van der Waals surface area contributed by atoms with Gasteiger partial charge in [0.25, 0.3) is 0 Å². The SMILES string of the molecule is Cc1ccc(CCC(N)C2CCCc3cccnc32)cc1. The molecule has 2 heteroatoms. The number of pyridine rings is 1. The van der Waals surface area contributed by atoms with E-state index in [1.807, 2.05) is 12.3 Å². The molecule has 2 aromatic rings. The third-order valence-electron chi connectivity index (χ3n) is 4.64. The monoisotopic (exact) mass is 280 g/mol. The summed E-state index contributed by atoms with van der Waals surface area (Å²) in [5.74, 6) is 0.431. The van der Waals surface area contributed by atoms with E-state index in [1.54, 1.807) is 0 Å². The van der Waals surface area contributed by atoms with E-state index in [0.717, 1.165) is 19.3 Å². The molecule has 110 valence electrons. The van der Waals surface area contributed by atoms with Gasteiger partial charge in [0.1, 0.15) is 0 Å². The molecule has 0 spiro atoms. The minimum atomic E-state index is 0.209. The Morgan fingerprint density at radius 1 is 1.24 bits per heavy atom. The molecule has 1 aromatic heterocycles. The van der Waals surface area contributed by atoms with Crippen molar-refractivity contribution in [3.05, 3.63) is 65.0 Å². The van der Waals surface area contributed by atoms with E-state index in [1.165, 1.54) is 35.2 Å².